The monoisotopic (exact) mass is 392 g/mol. The van der Waals surface area contributed by atoms with Crippen molar-refractivity contribution in [1.82, 2.24) is 4.98 Å². The molecule has 1 amide bonds. The first-order valence-corrected chi connectivity index (χ1v) is 9.63. The number of esters is 1. The van der Waals surface area contributed by atoms with Gasteiger partial charge in [0.2, 0.25) is 0 Å². The van der Waals surface area contributed by atoms with Crippen LogP contribution in [0.2, 0.25) is 0 Å². The Morgan fingerprint density at radius 3 is 2.52 bits per heavy atom. The fourth-order valence-electron chi connectivity index (χ4n) is 3.08. The molecule has 0 saturated carbocycles. The zero-order valence-electron chi connectivity index (χ0n) is 16.7. The van der Waals surface area contributed by atoms with Crippen molar-refractivity contribution >= 4 is 28.5 Å². The standard InChI is InChI=1S/C23H24N2O4/c1-4-14(2)16-9-5-7-11-18(16)25-22(27)15(3)29-23(28)20-13-21(26)17-10-6-8-12-19(17)24-20/h5-15H,4H2,1-3H3,(H,24,26)(H,25,27)/t14-,15-/m1/s1. The van der Waals surface area contributed by atoms with E-state index in [2.05, 4.69) is 24.1 Å². The molecule has 150 valence electrons. The third-order valence-electron chi connectivity index (χ3n) is 4.97. The predicted octanol–water partition coefficient (Wildman–Crippen LogP) is 4.23. The average Bonchev–Trinajstić information content (AvgIpc) is 2.73. The van der Waals surface area contributed by atoms with Crippen LogP contribution >= 0.6 is 0 Å². The molecule has 0 saturated heterocycles. The zero-order chi connectivity index (χ0) is 21.0. The van der Waals surface area contributed by atoms with E-state index < -0.39 is 18.0 Å². The lowest BCUT2D eigenvalue weighted by Gasteiger charge is -2.18. The molecule has 0 fully saturated rings. The summed E-state index contributed by atoms with van der Waals surface area (Å²) in [5.41, 5.74) is 1.99. The minimum absolute atomic E-state index is 0.00774. The number of nitrogens with one attached hydrogen (secondary N) is 2. The summed E-state index contributed by atoms with van der Waals surface area (Å²) in [4.78, 5) is 40.1. The smallest absolute Gasteiger partial charge is 0.355 e. The maximum absolute atomic E-state index is 12.6. The number of para-hydroxylation sites is 2. The number of benzene rings is 2. The van der Waals surface area contributed by atoms with Crippen LogP contribution in [0.5, 0.6) is 0 Å². The Morgan fingerprint density at radius 2 is 1.76 bits per heavy atom. The van der Waals surface area contributed by atoms with Crippen molar-refractivity contribution in [2.24, 2.45) is 0 Å². The summed E-state index contributed by atoms with van der Waals surface area (Å²) in [5.74, 6) is -0.907. The van der Waals surface area contributed by atoms with Crippen molar-refractivity contribution in [3.63, 3.8) is 0 Å². The highest BCUT2D eigenvalue weighted by molar-refractivity contribution is 5.98. The van der Waals surface area contributed by atoms with Gasteiger partial charge in [-0.05, 0) is 43.0 Å². The second-order valence-electron chi connectivity index (χ2n) is 7.03. The minimum Gasteiger partial charge on any atom is -0.448 e. The highest BCUT2D eigenvalue weighted by atomic mass is 16.5. The van der Waals surface area contributed by atoms with Crippen LogP contribution in [0.4, 0.5) is 5.69 Å². The zero-order valence-corrected chi connectivity index (χ0v) is 16.7. The molecule has 2 N–H and O–H groups in total. The van der Waals surface area contributed by atoms with Crippen LogP contribution in [0.3, 0.4) is 0 Å². The van der Waals surface area contributed by atoms with Crippen LogP contribution in [0.15, 0.2) is 59.4 Å². The Bertz CT molecular complexity index is 1100. The molecule has 2 atom stereocenters. The third kappa shape index (κ3) is 4.54. The normalized spacial score (nSPS) is 12.9. The first-order valence-electron chi connectivity index (χ1n) is 9.63. The third-order valence-corrected chi connectivity index (χ3v) is 4.97. The molecule has 0 spiro atoms. The van der Waals surface area contributed by atoms with Gasteiger partial charge in [0, 0.05) is 22.7 Å². The van der Waals surface area contributed by atoms with E-state index in [9.17, 15) is 14.4 Å². The molecular formula is C23H24N2O4. The van der Waals surface area contributed by atoms with Crippen molar-refractivity contribution in [3.8, 4) is 0 Å². The highest BCUT2D eigenvalue weighted by Gasteiger charge is 2.21. The van der Waals surface area contributed by atoms with Gasteiger partial charge >= 0.3 is 5.97 Å². The van der Waals surface area contributed by atoms with Crippen molar-refractivity contribution in [2.75, 3.05) is 5.32 Å². The quantitative estimate of drug-likeness (QED) is 0.615. The molecule has 1 heterocycles. The van der Waals surface area contributed by atoms with Gasteiger partial charge in [-0.15, -0.1) is 0 Å². The highest BCUT2D eigenvalue weighted by Crippen LogP contribution is 2.26. The molecule has 1 aromatic heterocycles. The van der Waals surface area contributed by atoms with E-state index in [0.717, 1.165) is 12.0 Å². The van der Waals surface area contributed by atoms with Gasteiger partial charge in [-0.25, -0.2) is 4.79 Å². The largest absolute Gasteiger partial charge is 0.448 e. The first kappa shape index (κ1) is 20.3. The Morgan fingerprint density at radius 1 is 1.07 bits per heavy atom. The number of amides is 1. The van der Waals surface area contributed by atoms with Crippen LogP contribution in [0.25, 0.3) is 10.9 Å². The van der Waals surface area contributed by atoms with Gasteiger partial charge in [-0.1, -0.05) is 44.2 Å². The van der Waals surface area contributed by atoms with E-state index in [1.807, 2.05) is 24.3 Å². The lowest BCUT2D eigenvalue weighted by Crippen LogP contribution is -2.31. The van der Waals surface area contributed by atoms with Gasteiger partial charge in [-0.3, -0.25) is 9.59 Å². The second-order valence-corrected chi connectivity index (χ2v) is 7.03. The van der Waals surface area contributed by atoms with E-state index >= 15 is 0 Å². The number of ether oxygens (including phenoxy) is 1. The number of aromatic amines is 1. The molecule has 3 rings (SSSR count). The molecule has 0 aliphatic heterocycles. The second kappa shape index (κ2) is 8.73. The summed E-state index contributed by atoms with van der Waals surface area (Å²) in [6, 6.07) is 15.7. The first-order chi connectivity index (χ1) is 13.9. The molecule has 6 nitrogen and oxygen atoms in total. The molecule has 6 heteroatoms. The maximum Gasteiger partial charge on any atom is 0.355 e. The van der Waals surface area contributed by atoms with E-state index in [1.165, 1.54) is 13.0 Å². The molecule has 3 aromatic rings. The van der Waals surface area contributed by atoms with E-state index in [1.54, 1.807) is 24.3 Å². The number of anilines is 1. The van der Waals surface area contributed by atoms with Crippen LogP contribution in [0, 0.1) is 0 Å². The fourth-order valence-corrected chi connectivity index (χ4v) is 3.08. The average molecular weight is 392 g/mol. The fraction of sp³-hybridized carbons (Fsp3) is 0.261. The SMILES string of the molecule is CC[C@@H](C)c1ccccc1NC(=O)[C@@H](C)OC(=O)c1cc(=O)c2ccccc2[nH]1. The summed E-state index contributed by atoms with van der Waals surface area (Å²) in [7, 11) is 0. The number of hydrogen-bond acceptors (Lipinski definition) is 4. The van der Waals surface area contributed by atoms with Crippen molar-refractivity contribution < 1.29 is 14.3 Å². The number of pyridine rings is 1. The van der Waals surface area contributed by atoms with E-state index in [4.69, 9.17) is 4.74 Å². The van der Waals surface area contributed by atoms with Crippen molar-refractivity contribution in [2.45, 2.75) is 39.2 Å². The molecule has 0 aliphatic carbocycles. The van der Waals surface area contributed by atoms with Gasteiger partial charge in [0.05, 0.1) is 0 Å². The van der Waals surface area contributed by atoms with Crippen LogP contribution in [0.1, 0.15) is 49.2 Å². The van der Waals surface area contributed by atoms with Crippen LogP contribution in [-0.2, 0) is 9.53 Å². The lowest BCUT2D eigenvalue weighted by molar-refractivity contribution is -0.123. The molecule has 0 aliphatic rings. The molecule has 0 bridgehead atoms. The van der Waals surface area contributed by atoms with Crippen LogP contribution in [-0.4, -0.2) is 23.0 Å². The lowest BCUT2D eigenvalue weighted by atomic mass is 9.97. The van der Waals surface area contributed by atoms with Crippen LogP contribution < -0.4 is 10.7 Å². The van der Waals surface area contributed by atoms with Gasteiger partial charge in [0.1, 0.15) is 5.69 Å². The number of fused-ring (bicyclic) bond motifs is 1. The summed E-state index contributed by atoms with van der Waals surface area (Å²) in [6.07, 6.45) is -0.0882. The Labute approximate surface area is 168 Å². The summed E-state index contributed by atoms with van der Waals surface area (Å²) < 4.78 is 5.28. The number of rotatable bonds is 6. The summed E-state index contributed by atoms with van der Waals surface area (Å²) in [5, 5.41) is 3.32. The molecule has 2 aromatic carbocycles. The Hall–Kier alpha value is -3.41. The maximum atomic E-state index is 12.6. The van der Waals surface area contributed by atoms with Gasteiger partial charge in [0.15, 0.2) is 11.5 Å². The number of carbonyl (C=O) groups is 2. The number of hydrogen-bond donors (Lipinski definition) is 2. The topological polar surface area (TPSA) is 88.3 Å². The molecule has 0 radical (unpaired) electrons. The predicted molar refractivity (Wildman–Crippen MR) is 113 cm³/mol. The Kier molecular flexibility index (Phi) is 6.12. The molecule has 29 heavy (non-hydrogen) atoms. The number of aromatic nitrogens is 1. The number of H-pyrrole nitrogens is 1. The van der Waals surface area contributed by atoms with Crippen molar-refractivity contribution in [3.05, 3.63) is 76.1 Å². The van der Waals surface area contributed by atoms with Gasteiger partial charge in [-0.2, -0.15) is 0 Å². The summed E-state index contributed by atoms with van der Waals surface area (Å²) in [6.45, 7) is 5.67. The van der Waals surface area contributed by atoms with E-state index in [0.29, 0.717) is 16.6 Å². The minimum atomic E-state index is -1.03. The van der Waals surface area contributed by atoms with Gasteiger partial charge in [0.25, 0.3) is 5.91 Å². The van der Waals surface area contributed by atoms with Crippen molar-refractivity contribution in [1.29, 1.82) is 0 Å². The molecule has 0 unspecified atom stereocenters. The van der Waals surface area contributed by atoms with Gasteiger partial charge < -0.3 is 15.0 Å². The number of carbonyl (C=O) groups excluding carboxylic acids is 2. The Balaban J connectivity index is 1.73. The van der Waals surface area contributed by atoms with E-state index in [-0.39, 0.29) is 17.0 Å². The summed E-state index contributed by atoms with van der Waals surface area (Å²) >= 11 is 0. The molecular weight excluding hydrogens is 368 g/mol.